The Morgan fingerprint density at radius 1 is 1.11 bits per heavy atom. The molecule has 0 aromatic heterocycles. The van der Waals surface area contributed by atoms with Crippen molar-refractivity contribution in [2.75, 3.05) is 11.8 Å². The molecule has 0 saturated carbocycles. The van der Waals surface area contributed by atoms with E-state index < -0.39 is 10.0 Å². The van der Waals surface area contributed by atoms with Crippen molar-refractivity contribution >= 4 is 29.0 Å². The minimum absolute atomic E-state index is 0.253. The van der Waals surface area contributed by atoms with Gasteiger partial charge in [0.1, 0.15) is 13.6 Å². The summed E-state index contributed by atoms with van der Waals surface area (Å²) < 4.78 is 31.9. The maximum atomic E-state index is 12.2. The lowest BCUT2D eigenvalue weighted by atomic mass is 9.97. The van der Waals surface area contributed by atoms with Crippen molar-refractivity contribution in [3.05, 3.63) is 48.5 Å². The van der Waals surface area contributed by atoms with Crippen LogP contribution in [0.4, 0.5) is 5.69 Å². The minimum Gasteiger partial charge on any atom is -0.497 e. The van der Waals surface area contributed by atoms with Crippen LogP contribution >= 0.6 is 0 Å². The van der Waals surface area contributed by atoms with E-state index in [4.69, 9.17) is 4.74 Å². The monoisotopic (exact) mass is 275 g/mol. The molecule has 4 nitrogen and oxygen atoms in total. The van der Waals surface area contributed by atoms with Gasteiger partial charge in [0, 0.05) is 5.69 Å². The Balaban J connectivity index is 2.25. The molecule has 0 aliphatic carbocycles. The Labute approximate surface area is 113 Å². The van der Waals surface area contributed by atoms with Crippen molar-refractivity contribution in [1.29, 1.82) is 0 Å². The standard InChI is InChI=1S/C13H14BNO3S/c1-18-12-7-5-11(6-8-12)15-19(16,17)13-4-2-3-10(14)9-13/h2-9,15H,14H2,1H3. The van der Waals surface area contributed by atoms with Gasteiger partial charge in [0.05, 0.1) is 12.0 Å². The summed E-state index contributed by atoms with van der Waals surface area (Å²) in [5.41, 5.74) is 1.40. The highest BCUT2D eigenvalue weighted by molar-refractivity contribution is 7.92. The maximum absolute atomic E-state index is 12.2. The van der Waals surface area contributed by atoms with Crippen LogP contribution in [0.15, 0.2) is 53.4 Å². The van der Waals surface area contributed by atoms with Crippen molar-refractivity contribution in [3.8, 4) is 5.75 Å². The fraction of sp³-hybridized carbons (Fsp3) is 0.0769. The van der Waals surface area contributed by atoms with Crippen molar-refractivity contribution in [1.82, 2.24) is 0 Å². The lowest BCUT2D eigenvalue weighted by Crippen LogP contribution is -2.15. The number of methoxy groups -OCH3 is 1. The number of hydrogen-bond donors (Lipinski definition) is 1. The Morgan fingerprint density at radius 2 is 1.79 bits per heavy atom. The quantitative estimate of drug-likeness (QED) is 0.838. The molecule has 19 heavy (non-hydrogen) atoms. The van der Waals surface area contributed by atoms with Crippen LogP contribution in [0, 0.1) is 0 Å². The molecular formula is C13H14BNO3S. The van der Waals surface area contributed by atoms with E-state index in [0.29, 0.717) is 11.4 Å². The van der Waals surface area contributed by atoms with Gasteiger partial charge in [0.2, 0.25) is 0 Å². The van der Waals surface area contributed by atoms with Gasteiger partial charge in [-0.15, -0.1) is 0 Å². The van der Waals surface area contributed by atoms with Gasteiger partial charge in [-0.1, -0.05) is 17.6 Å². The van der Waals surface area contributed by atoms with Crippen LogP contribution in [0.25, 0.3) is 0 Å². The third-order valence-electron chi connectivity index (χ3n) is 2.64. The molecule has 0 radical (unpaired) electrons. The fourth-order valence-electron chi connectivity index (χ4n) is 1.66. The zero-order valence-electron chi connectivity index (χ0n) is 10.8. The molecule has 0 aliphatic heterocycles. The van der Waals surface area contributed by atoms with Crippen LogP contribution < -0.4 is 14.9 Å². The van der Waals surface area contributed by atoms with Crippen LogP contribution in [0.3, 0.4) is 0 Å². The first kappa shape index (κ1) is 13.5. The van der Waals surface area contributed by atoms with E-state index >= 15 is 0 Å². The number of anilines is 1. The van der Waals surface area contributed by atoms with Crippen molar-refractivity contribution in [2.24, 2.45) is 0 Å². The second kappa shape index (κ2) is 5.36. The largest absolute Gasteiger partial charge is 0.497 e. The average molecular weight is 275 g/mol. The Morgan fingerprint density at radius 3 is 2.37 bits per heavy atom. The van der Waals surface area contributed by atoms with Crippen molar-refractivity contribution < 1.29 is 13.2 Å². The summed E-state index contributed by atoms with van der Waals surface area (Å²) in [6.07, 6.45) is 0. The predicted octanol–water partition coefficient (Wildman–Crippen LogP) is 0.754. The van der Waals surface area contributed by atoms with Gasteiger partial charge in [-0.3, -0.25) is 4.72 Å². The zero-order chi connectivity index (χ0) is 13.9. The topological polar surface area (TPSA) is 55.4 Å². The third-order valence-corrected chi connectivity index (χ3v) is 4.02. The van der Waals surface area contributed by atoms with Crippen molar-refractivity contribution in [3.63, 3.8) is 0 Å². The van der Waals surface area contributed by atoms with Crippen LogP contribution in [-0.2, 0) is 10.0 Å². The molecule has 1 N–H and O–H groups in total. The van der Waals surface area contributed by atoms with E-state index in [0.717, 1.165) is 5.46 Å². The normalized spacial score (nSPS) is 11.0. The van der Waals surface area contributed by atoms with Gasteiger partial charge in [0.15, 0.2) is 0 Å². The zero-order valence-corrected chi connectivity index (χ0v) is 11.6. The van der Waals surface area contributed by atoms with Gasteiger partial charge in [-0.2, -0.15) is 0 Å². The predicted molar refractivity (Wildman–Crippen MR) is 78.4 cm³/mol. The first-order valence-electron chi connectivity index (χ1n) is 5.75. The van der Waals surface area contributed by atoms with Gasteiger partial charge in [-0.05, 0) is 36.4 Å². The molecule has 0 saturated heterocycles. The highest BCUT2D eigenvalue weighted by Gasteiger charge is 2.13. The van der Waals surface area contributed by atoms with Gasteiger partial charge >= 0.3 is 0 Å². The molecule has 0 atom stereocenters. The number of ether oxygens (including phenoxy) is 1. The summed E-state index contributed by atoms with van der Waals surface area (Å²) in [4.78, 5) is 0.253. The molecule has 0 heterocycles. The Kier molecular flexibility index (Phi) is 3.80. The van der Waals surface area contributed by atoms with Crippen LogP contribution in [0.1, 0.15) is 0 Å². The maximum Gasteiger partial charge on any atom is 0.261 e. The van der Waals surface area contributed by atoms with Gasteiger partial charge in [0.25, 0.3) is 10.0 Å². The SMILES string of the molecule is Bc1cccc(S(=O)(=O)Nc2ccc(OC)cc2)c1. The molecule has 0 aliphatic rings. The van der Waals surface area contributed by atoms with Gasteiger partial charge < -0.3 is 4.74 Å². The molecule has 2 rings (SSSR count). The number of sulfonamides is 1. The van der Waals surface area contributed by atoms with E-state index in [9.17, 15) is 8.42 Å². The molecular weight excluding hydrogens is 261 g/mol. The second-order valence-corrected chi connectivity index (χ2v) is 5.83. The van der Waals surface area contributed by atoms with E-state index in [2.05, 4.69) is 4.72 Å². The molecule has 0 unspecified atom stereocenters. The van der Waals surface area contributed by atoms with E-state index in [1.165, 1.54) is 0 Å². The molecule has 0 amide bonds. The summed E-state index contributed by atoms with van der Waals surface area (Å²) in [7, 11) is -0.131. The lowest BCUT2D eigenvalue weighted by Gasteiger charge is -2.09. The molecule has 0 bridgehead atoms. The number of nitrogens with one attached hydrogen (secondary N) is 1. The molecule has 0 spiro atoms. The van der Waals surface area contributed by atoms with Crippen LogP contribution in [-0.4, -0.2) is 23.4 Å². The van der Waals surface area contributed by atoms with Crippen LogP contribution in [0.2, 0.25) is 0 Å². The number of rotatable bonds is 4. The molecule has 0 fully saturated rings. The lowest BCUT2D eigenvalue weighted by molar-refractivity contribution is 0.415. The fourth-order valence-corrected chi connectivity index (χ4v) is 2.82. The molecule has 2 aromatic rings. The highest BCUT2D eigenvalue weighted by atomic mass is 32.2. The molecule has 2 aromatic carbocycles. The smallest absolute Gasteiger partial charge is 0.261 e. The first-order valence-corrected chi connectivity index (χ1v) is 7.23. The third kappa shape index (κ3) is 3.29. The second-order valence-electron chi connectivity index (χ2n) is 4.15. The Bertz CT molecular complexity index is 669. The highest BCUT2D eigenvalue weighted by Crippen LogP contribution is 2.18. The molecule has 98 valence electrons. The summed E-state index contributed by atoms with van der Waals surface area (Å²) in [5.74, 6) is 0.679. The van der Waals surface area contributed by atoms with Crippen LogP contribution in [0.5, 0.6) is 5.75 Å². The number of hydrogen-bond acceptors (Lipinski definition) is 3. The van der Waals surface area contributed by atoms with E-state index in [1.54, 1.807) is 49.6 Å². The summed E-state index contributed by atoms with van der Waals surface area (Å²) in [6.45, 7) is 0. The van der Waals surface area contributed by atoms with E-state index in [-0.39, 0.29) is 4.90 Å². The number of benzene rings is 2. The Hall–Kier alpha value is -1.95. The first-order chi connectivity index (χ1) is 9.01. The average Bonchev–Trinajstić information content (AvgIpc) is 2.39. The minimum atomic E-state index is -3.55. The summed E-state index contributed by atoms with van der Waals surface area (Å²) in [6, 6.07) is 13.5. The summed E-state index contributed by atoms with van der Waals surface area (Å²) in [5, 5.41) is 0. The van der Waals surface area contributed by atoms with Crippen molar-refractivity contribution in [2.45, 2.75) is 4.90 Å². The summed E-state index contributed by atoms with van der Waals surface area (Å²) >= 11 is 0. The van der Waals surface area contributed by atoms with E-state index in [1.807, 2.05) is 13.9 Å². The van der Waals surface area contributed by atoms with Gasteiger partial charge in [-0.25, -0.2) is 8.42 Å². The molecule has 6 heteroatoms.